The lowest BCUT2D eigenvalue weighted by atomic mass is 9.89. The molecule has 1 aliphatic heterocycles. The molecular formula is C23H18ClN3O2. The summed E-state index contributed by atoms with van der Waals surface area (Å²) in [7, 11) is 0. The van der Waals surface area contributed by atoms with Gasteiger partial charge in [-0.25, -0.2) is 9.88 Å². The number of nitrogens with zero attached hydrogens (tertiary/aromatic N) is 3. The number of amides is 2. The van der Waals surface area contributed by atoms with Gasteiger partial charge in [0.05, 0.1) is 12.0 Å². The fraction of sp³-hybridized carbons (Fsp3) is 0.130. The molecule has 0 aliphatic carbocycles. The Morgan fingerprint density at radius 2 is 1.86 bits per heavy atom. The zero-order chi connectivity index (χ0) is 20.4. The molecule has 5 nitrogen and oxygen atoms in total. The molecular weight excluding hydrogens is 386 g/mol. The van der Waals surface area contributed by atoms with E-state index in [1.807, 2.05) is 31.2 Å². The highest BCUT2D eigenvalue weighted by molar-refractivity contribution is 6.30. The molecule has 0 bridgehead atoms. The summed E-state index contributed by atoms with van der Waals surface area (Å²) in [5, 5.41) is 0.635. The quantitative estimate of drug-likeness (QED) is 0.462. The third-order valence-corrected chi connectivity index (χ3v) is 5.12. The lowest BCUT2D eigenvalue weighted by Gasteiger charge is -2.30. The molecule has 2 heterocycles. The van der Waals surface area contributed by atoms with Crippen LogP contribution in [0.1, 0.15) is 40.4 Å². The average molecular weight is 404 g/mol. The number of imide groups is 1. The van der Waals surface area contributed by atoms with Gasteiger partial charge in [-0.3, -0.25) is 14.6 Å². The summed E-state index contributed by atoms with van der Waals surface area (Å²) < 4.78 is 0. The van der Waals surface area contributed by atoms with Gasteiger partial charge in [0.25, 0.3) is 5.91 Å². The lowest BCUT2D eigenvalue weighted by Crippen LogP contribution is -2.46. The summed E-state index contributed by atoms with van der Waals surface area (Å²) in [5.74, 6) is -1.11. The second kappa shape index (κ2) is 7.97. The molecule has 0 fully saturated rings. The topological polar surface area (TPSA) is 62.6 Å². The third kappa shape index (κ3) is 3.69. The van der Waals surface area contributed by atoms with E-state index in [0.717, 1.165) is 10.5 Å². The minimum Gasteiger partial charge on any atom is -0.289 e. The van der Waals surface area contributed by atoms with Gasteiger partial charge in [-0.1, -0.05) is 48.0 Å². The molecule has 0 saturated carbocycles. The van der Waals surface area contributed by atoms with Crippen molar-refractivity contribution >= 4 is 35.4 Å². The molecule has 2 atom stereocenters. The predicted octanol–water partition coefficient (Wildman–Crippen LogP) is 4.84. The molecule has 29 heavy (non-hydrogen) atoms. The van der Waals surface area contributed by atoms with E-state index in [9.17, 15) is 9.59 Å². The first kappa shape index (κ1) is 19.0. The molecule has 1 aromatic heterocycles. The fourth-order valence-electron chi connectivity index (χ4n) is 3.37. The highest BCUT2D eigenvalue weighted by atomic mass is 35.5. The second-order valence-corrected chi connectivity index (χ2v) is 7.20. The van der Waals surface area contributed by atoms with Crippen molar-refractivity contribution in [3.05, 3.63) is 94.6 Å². The Bertz CT molecular complexity index is 1100. The zero-order valence-electron chi connectivity index (χ0n) is 15.7. The number of benzene rings is 2. The van der Waals surface area contributed by atoms with E-state index < -0.39 is 5.92 Å². The number of carbonyl (C=O) groups is 2. The normalized spacial score (nSPS) is 17.4. The van der Waals surface area contributed by atoms with Crippen LogP contribution in [-0.2, 0) is 4.79 Å². The molecule has 3 aromatic rings. The SMILES string of the molecule is C[C@H](N=CC1C(=O)N(c2ccccn2)C(=O)c2ccccc21)c1cccc(Cl)c1. The van der Waals surface area contributed by atoms with Gasteiger partial charge in [-0.15, -0.1) is 0 Å². The van der Waals surface area contributed by atoms with E-state index in [4.69, 9.17) is 11.6 Å². The molecule has 2 aromatic carbocycles. The van der Waals surface area contributed by atoms with Crippen molar-refractivity contribution in [2.75, 3.05) is 4.90 Å². The molecule has 0 saturated heterocycles. The van der Waals surface area contributed by atoms with Crippen molar-refractivity contribution in [1.29, 1.82) is 0 Å². The Hall–Kier alpha value is -3.31. The van der Waals surface area contributed by atoms with Gasteiger partial charge in [0.1, 0.15) is 5.82 Å². The van der Waals surface area contributed by atoms with Crippen molar-refractivity contribution in [1.82, 2.24) is 4.98 Å². The molecule has 2 amide bonds. The average Bonchev–Trinajstić information content (AvgIpc) is 2.74. The minimum atomic E-state index is -0.674. The van der Waals surface area contributed by atoms with Gasteiger partial charge in [0, 0.05) is 23.0 Å². The van der Waals surface area contributed by atoms with Gasteiger partial charge in [0.15, 0.2) is 0 Å². The van der Waals surface area contributed by atoms with Gasteiger partial charge in [0.2, 0.25) is 5.91 Å². The van der Waals surface area contributed by atoms with E-state index in [-0.39, 0.29) is 17.9 Å². The summed E-state index contributed by atoms with van der Waals surface area (Å²) in [4.78, 5) is 36.1. The van der Waals surface area contributed by atoms with Crippen LogP contribution in [0.25, 0.3) is 0 Å². The van der Waals surface area contributed by atoms with Crippen LogP contribution < -0.4 is 4.90 Å². The van der Waals surface area contributed by atoms with Crippen molar-refractivity contribution in [2.45, 2.75) is 18.9 Å². The van der Waals surface area contributed by atoms with Crippen LogP contribution in [0.4, 0.5) is 5.82 Å². The molecule has 1 aliphatic rings. The van der Waals surface area contributed by atoms with E-state index in [1.165, 1.54) is 0 Å². The lowest BCUT2D eigenvalue weighted by molar-refractivity contribution is -0.118. The molecule has 0 radical (unpaired) electrons. The highest BCUT2D eigenvalue weighted by Gasteiger charge is 2.39. The summed E-state index contributed by atoms with van der Waals surface area (Å²) in [5.41, 5.74) is 2.07. The number of pyridine rings is 1. The van der Waals surface area contributed by atoms with Crippen molar-refractivity contribution in [2.24, 2.45) is 4.99 Å². The number of fused-ring (bicyclic) bond motifs is 1. The number of aliphatic imine (C=N–C) groups is 1. The Morgan fingerprint density at radius 1 is 1.07 bits per heavy atom. The number of hydrogen-bond acceptors (Lipinski definition) is 4. The summed E-state index contributed by atoms with van der Waals surface area (Å²) in [6.07, 6.45) is 3.18. The summed E-state index contributed by atoms with van der Waals surface area (Å²) in [6, 6.07) is 19.5. The van der Waals surface area contributed by atoms with Crippen LogP contribution in [0, 0.1) is 0 Å². The van der Waals surface area contributed by atoms with Gasteiger partial charge >= 0.3 is 0 Å². The monoisotopic (exact) mass is 403 g/mol. The second-order valence-electron chi connectivity index (χ2n) is 6.76. The van der Waals surface area contributed by atoms with Crippen molar-refractivity contribution < 1.29 is 9.59 Å². The fourth-order valence-corrected chi connectivity index (χ4v) is 3.57. The van der Waals surface area contributed by atoms with Crippen LogP contribution >= 0.6 is 11.6 Å². The molecule has 1 unspecified atom stereocenters. The summed E-state index contributed by atoms with van der Waals surface area (Å²) >= 11 is 6.07. The number of hydrogen-bond donors (Lipinski definition) is 0. The van der Waals surface area contributed by atoms with E-state index >= 15 is 0 Å². The van der Waals surface area contributed by atoms with Gasteiger partial charge < -0.3 is 0 Å². The van der Waals surface area contributed by atoms with Crippen molar-refractivity contribution in [3.8, 4) is 0 Å². The molecule has 0 spiro atoms. The van der Waals surface area contributed by atoms with Crippen LogP contribution in [0.2, 0.25) is 5.02 Å². The van der Waals surface area contributed by atoms with Crippen LogP contribution in [-0.4, -0.2) is 23.0 Å². The maximum atomic E-state index is 13.3. The first-order valence-electron chi connectivity index (χ1n) is 9.23. The molecule has 144 valence electrons. The van der Waals surface area contributed by atoms with Crippen molar-refractivity contribution in [3.63, 3.8) is 0 Å². The number of carbonyl (C=O) groups excluding carboxylic acids is 2. The number of aromatic nitrogens is 1. The van der Waals surface area contributed by atoms with Crippen LogP contribution in [0.15, 0.2) is 77.9 Å². The Balaban J connectivity index is 1.72. The number of halogens is 1. The summed E-state index contributed by atoms with van der Waals surface area (Å²) in [6.45, 7) is 1.93. The van der Waals surface area contributed by atoms with Crippen LogP contribution in [0.5, 0.6) is 0 Å². The molecule has 6 heteroatoms. The largest absolute Gasteiger partial charge is 0.289 e. The maximum Gasteiger partial charge on any atom is 0.266 e. The smallest absolute Gasteiger partial charge is 0.266 e. The maximum absolute atomic E-state index is 13.3. The molecule has 4 rings (SSSR count). The standard InChI is InChI=1S/C23H18ClN3O2/c1-15(16-7-6-8-17(24)13-16)26-14-20-18-9-2-3-10-19(18)22(28)27(23(20)29)21-11-4-5-12-25-21/h2-15,20H,1H3/t15-,20?/m0/s1. The van der Waals surface area contributed by atoms with E-state index in [0.29, 0.717) is 22.0 Å². The third-order valence-electron chi connectivity index (χ3n) is 4.88. The van der Waals surface area contributed by atoms with Gasteiger partial charge in [-0.05, 0) is 48.4 Å². The first-order valence-corrected chi connectivity index (χ1v) is 9.61. The molecule has 0 N–H and O–H groups in total. The Morgan fingerprint density at radius 3 is 2.62 bits per heavy atom. The Kier molecular flexibility index (Phi) is 5.23. The van der Waals surface area contributed by atoms with E-state index in [2.05, 4.69) is 9.98 Å². The minimum absolute atomic E-state index is 0.186. The predicted molar refractivity (Wildman–Crippen MR) is 114 cm³/mol. The van der Waals surface area contributed by atoms with Crippen LogP contribution in [0.3, 0.4) is 0 Å². The van der Waals surface area contributed by atoms with Gasteiger partial charge in [-0.2, -0.15) is 0 Å². The first-order chi connectivity index (χ1) is 14.1. The number of anilines is 1. The van der Waals surface area contributed by atoms with E-state index in [1.54, 1.807) is 54.9 Å². The Labute approximate surface area is 173 Å². The number of rotatable bonds is 4. The highest BCUT2D eigenvalue weighted by Crippen LogP contribution is 2.31. The zero-order valence-corrected chi connectivity index (χ0v) is 16.5.